The van der Waals surface area contributed by atoms with Crippen molar-refractivity contribution in [2.45, 2.75) is 13.3 Å². The lowest BCUT2D eigenvalue weighted by atomic mass is 10.0. The molecule has 9 heteroatoms. The van der Waals surface area contributed by atoms with Crippen LogP contribution in [0.3, 0.4) is 0 Å². The fourth-order valence-electron chi connectivity index (χ4n) is 2.40. The monoisotopic (exact) mass is 423 g/mol. The van der Waals surface area contributed by atoms with Crippen LogP contribution in [0.4, 0.5) is 5.00 Å². The molecule has 2 N–H and O–H groups in total. The number of hydrogen-bond acceptors (Lipinski definition) is 7. The summed E-state index contributed by atoms with van der Waals surface area (Å²) in [5.74, 6) is -0.780. The molecule has 0 fully saturated rings. The first-order valence-corrected chi connectivity index (χ1v) is 10.4. The normalized spacial score (nSPS) is 10.4. The molecule has 0 aliphatic carbocycles. The Balaban J connectivity index is 2.25. The van der Waals surface area contributed by atoms with Gasteiger partial charge < -0.3 is 19.9 Å². The van der Waals surface area contributed by atoms with E-state index >= 15 is 0 Å². The van der Waals surface area contributed by atoms with Gasteiger partial charge in [-0.1, -0.05) is 6.92 Å². The number of aryl methyl sites for hydroxylation is 1. The third-order valence-corrected chi connectivity index (χ3v) is 5.85. The zero-order valence-corrected chi connectivity index (χ0v) is 17.4. The Morgan fingerprint density at radius 2 is 1.82 bits per heavy atom. The van der Waals surface area contributed by atoms with Crippen molar-refractivity contribution in [2.24, 2.45) is 0 Å². The van der Waals surface area contributed by atoms with Gasteiger partial charge in [0.05, 0.1) is 31.3 Å². The molecule has 0 unspecified atom stereocenters. The number of methoxy groups -OCH3 is 2. The molecule has 0 atom stereocenters. The number of ether oxygens (including phenoxy) is 2. The number of carboxylic acid groups (broad SMARTS) is 1. The lowest BCUT2D eigenvalue weighted by Gasteiger charge is -2.10. The smallest absolute Gasteiger partial charge is 0.313 e. The van der Waals surface area contributed by atoms with Gasteiger partial charge in [-0.25, -0.2) is 0 Å². The molecule has 0 aliphatic rings. The molecule has 0 aliphatic heterocycles. The first kappa shape index (κ1) is 21.8. The fraction of sp³-hybridized carbons (Fsp3) is 0.316. The van der Waals surface area contributed by atoms with E-state index < -0.39 is 5.97 Å². The summed E-state index contributed by atoms with van der Waals surface area (Å²) in [4.78, 5) is 36.7. The van der Waals surface area contributed by atoms with Gasteiger partial charge in [-0.05, 0) is 30.7 Å². The summed E-state index contributed by atoms with van der Waals surface area (Å²) in [7, 11) is 3.01. The van der Waals surface area contributed by atoms with Crippen LogP contribution in [0.25, 0.3) is 0 Å². The van der Waals surface area contributed by atoms with Crippen molar-refractivity contribution in [1.29, 1.82) is 0 Å². The average molecular weight is 424 g/mol. The molecular formula is C19H21NO6S2. The number of carboxylic acids is 1. The molecule has 0 saturated carbocycles. The van der Waals surface area contributed by atoms with Crippen LogP contribution in [-0.4, -0.2) is 48.5 Å². The zero-order valence-electron chi connectivity index (χ0n) is 15.7. The summed E-state index contributed by atoms with van der Waals surface area (Å²) < 4.78 is 10.4. The highest BCUT2D eigenvalue weighted by molar-refractivity contribution is 8.00. The number of hydrogen-bond donors (Lipinski definition) is 2. The standard InChI is InChI=1S/C19H21NO6S2/c1-4-12-8-13(19(28-12)20-16(21)9-27-10-17(22)23)18(24)11-5-6-14(25-2)15(7-11)26-3/h5-8H,4,9-10H2,1-3H3,(H,20,21)(H,22,23). The van der Waals surface area contributed by atoms with E-state index in [4.69, 9.17) is 14.6 Å². The summed E-state index contributed by atoms with van der Waals surface area (Å²) in [5, 5.41) is 11.8. The highest BCUT2D eigenvalue weighted by Gasteiger charge is 2.20. The molecule has 0 saturated heterocycles. The SMILES string of the molecule is CCc1cc(C(=O)c2ccc(OC)c(OC)c2)c(NC(=O)CSCC(=O)O)s1. The van der Waals surface area contributed by atoms with Crippen molar-refractivity contribution in [3.8, 4) is 11.5 Å². The first-order valence-electron chi connectivity index (χ1n) is 8.38. The van der Waals surface area contributed by atoms with E-state index in [1.165, 1.54) is 25.6 Å². The Bertz CT molecular complexity index is 877. The number of thiophene rings is 1. The first-order chi connectivity index (χ1) is 13.4. The van der Waals surface area contributed by atoms with Gasteiger partial charge in [0.15, 0.2) is 17.3 Å². The van der Waals surface area contributed by atoms with Gasteiger partial charge in [0.25, 0.3) is 0 Å². The van der Waals surface area contributed by atoms with Crippen LogP contribution in [0.2, 0.25) is 0 Å². The van der Waals surface area contributed by atoms with Crippen LogP contribution < -0.4 is 14.8 Å². The number of nitrogens with one attached hydrogen (secondary N) is 1. The van der Waals surface area contributed by atoms with Gasteiger partial charge in [0, 0.05) is 10.4 Å². The molecule has 1 amide bonds. The van der Waals surface area contributed by atoms with Gasteiger partial charge in [-0.15, -0.1) is 23.1 Å². The van der Waals surface area contributed by atoms with Gasteiger partial charge in [-0.2, -0.15) is 0 Å². The van der Waals surface area contributed by atoms with Crippen molar-refractivity contribution < 1.29 is 29.0 Å². The summed E-state index contributed by atoms with van der Waals surface area (Å²) in [5.41, 5.74) is 0.805. The molecular weight excluding hydrogens is 402 g/mol. The molecule has 1 aromatic heterocycles. The molecule has 2 rings (SSSR count). The van der Waals surface area contributed by atoms with Crippen LogP contribution in [0.15, 0.2) is 24.3 Å². The van der Waals surface area contributed by atoms with E-state index in [9.17, 15) is 14.4 Å². The maximum absolute atomic E-state index is 13.0. The van der Waals surface area contributed by atoms with Gasteiger partial charge in [-0.3, -0.25) is 14.4 Å². The number of thioether (sulfide) groups is 1. The molecule has 0 bridgehead atoms. The minimum absolute atomic E-state index is 0.00432. The van der Waals surface area contributed by atoms with E-state index in [1.54, 1.807) is 24.3 Å². The highest BCUT2D eigenvalue weighted by atomic mass is 32.2. The summed E-state index contributed by atoms with van der Waals surface area (Å²) in [6, 6.07) is 6.66. The maximum Gasteiger partial charge on any atom is 0.313 e. The second kappa shape index (κ2) is 10.1. The number of amides is 1. The topological polar surface area (TPSA) is 102 Å². The number of anilines is 1. The van der Waals surface area contributed by atoms with Crippen molar-refractivity contribution in [2.75, 3.05) is 31.0 Å². The van der Waals surface area contributed by atoms with Gasteiger partial charge in [0.1, 0.15) is 5.00 Å². The molecule has 0 spiro atoms. The van der Waals surface area contributed by atoms with E-state index in [0.717, 1.165) is 23.1 Å². The van der Waals surface area contributed by atoms with Crippen molar-refractivity contribution >= 4 is 45.8 Å². The summed E-state index contributed by atoms with van der Waals surface area (Å²) >= 11 is 2.33. The second-order valence-electron chi connectivity index (χ2n) is 5.64. The predicted molar refractivity (Wildman–Crippen MR) is 110 cm³/mol. The van der Waals surface area contributed by atoms with Crippen LogP contribution in [-0.2, 0) is 16.0 Å². The Kier molecular flexibility index (Phi) is 7.89. The van der Waals surface area contributed by atoms with Crippen LogP contribution in [0.5, 0.6) is 11.5 Å². The van der Waals surface area contributed by atoms with E-state index in [0.29, 0.717) is 27.6 Å². The highest BCUT2D eigenvalue weighted by Crippen LogP contribution is 2.33. The summed E-state index contributed by atoms with van der Waals surface area (Å²) in [6.07, 6.45) is 0.723. The number of rotatable bonds is 10. The minimum atomic E-state index is -0.980. The molecule has 0 radical (unpaired) electrons. The lowest BCUT2D eigenvalue weighted by Crippen LogP contribution is -2.16. The van der Waals surface area contributed by atoms with Crippen LogP contribution in [0, 0.1) is 0 Å². The van der Waals surface area contributed by atoms with E-state index in [1.807, 2.05) is 6.92 Å². The van der Waals surface area contributed by atoms with Crippen molar-refractivity contribution in [1.82, 2.24) is 0 Å². The minimum Gasteiger partial charge on any atom is -0.493 e. The second-order valence-corrected chi connectivity index (χ2v) is 7.77. The predicted octanol–water partition coefficient (Wildman–Crippen LogP) is 3.32. The van der Waals surface area contributed by atoms with Crippen molar-refractivity contribution in [3.63, 3.8) is 0 Å². The van der Waals surface area contributed by atoms with Crippen LogP contribution in [0.1, 0.15) is 27.7 Å². The molecule has 2 aromatic rings. The Morgan fingerprint density at radius 3 is 2.43 bits per heavy atom. The molecule has 1 aromatic carbocycles. The Hall–Kier alpha value is -2.52. The Labute approximate surface area is 171 Å². The number of carbonyl (C=O) groups is 3. The largest absolute Gasteiger partial charge is 0.493 e. The lowest BCUT2D eigenvalue weighted by molar-refractivity contribution is -0.133. The van der Waals surface area contributed by atoms with Crippen LogP contribution >= 0.6 is 23.1 Å². The van der Waals surface area contributed by atoms with Crippen molar-refractivity contribution in [3.05, 3.63) is 40.3 Å². The zero-order chi connectivity index (χ0) is 20.7. The number of carbonyl (C=O) groups excluding carboxylic acids is 2. The third kappa shape index (κ3) is 5.49. The van der Waals surface area contributed by atoms with E-state index in [2.05, 4.69) is 5.32 Å². The quantitative estimate of drug-likeness (QED) is 0.565. The molecule has 150 valence electrons. The molecule has 1 heterocycles. The molecule has 28 heavy (non-hydrogen) atoms. The fourth-order valence-corrected chi connectivity index (χ4v) is 3.95. The van der Waals surface area contributed by atoms with Gasteiger partial charge in [0.2, 0.25) is 5.91 Å². The summed E-state index contributed by atoms with van der Waals surface area (Å²) in [6.45, 7) is 1.96. The number of aliphatic carboxylic acids is 1. The average Bonchev–Trinajstić information content (AvgIpc) is 3.09. The number of benzene rings is 1. The maximum atomic E-state index is 13.0. The number of ketones is 1. The Morgan fingerprint density at radius 1 is 1.11 bits per heavy atom. The van der Waals surface area contributed by atoms with Gasteiger partial charge >= 0.3 is 5.97 Å². The van der Waals surface area contributed by atoms with E-state index in [-0.39, 0.29) is 23.2 Å². The third-order valence-electron chi connectivity index (χ3n) is 3.73. The molecule has 7 nitrogen and oxygen atoms in total.